The standard InChI is InChI=1S/C16H22N2O/c1-12-10-17-11-13(2)18(12)15(19)16(8-9-16)14-6-4-3-5-7-14/h3-7,12-13,17H,8-11H2,1-2H3. The molecule has 2 atom stereocenters. The minimum absolute atomic E-state index is 0.221. The van der Waals surface area contributed by atoms with Crippen molar-refractivity contribution in [2.45, 2.75) is 44.2 Å². The number of hydrogen-bond acceptors (Lipinski definition) is 2. The zero-order valence-corrected chi connectivity index (χ0v) is 11.7. The summed E-state index contributed by atoms with van der Waals surface area (Å²) in [4.78, 5) is 15.1. The van der Waals surface area contributed by atoms with Crippen LogP contribution in [0, 0.1) is 0 Å². The molecule has 1 N–H and O–H groups in total. The molecular weight excluding hydrogens is 236 g/mol. The average molecular weight is 258 g/mol. The summed E-state index contributed by atoms with van der Waals surface area (Å²) >= 11 is 0. The van der Waals surface area contributed by atoms with Crippen molar-refractivity contribution in [1.29, 1.82) is 0 Å². The first-order valence-electron chi connectivity index (χ1n) is 7.24. The van der Waals surface area contributed by atoms with Crippen molar-refractivity contribution in [3.63, 3.8) is 0 Å². The van der Waals surface area contributed by atoms with Gasteiger partial charge in [0, 0.05) is 25.2 Å². The first kappa shape index (κ1) is 12.7. The molecular formula is C16H22N2O. The first-order valence-corrected chi connectivity index (χ1v) is 7.24. The van der Waals surface area contributed by atoms with Crippen LogP contribution in [0.4, 0.5) is 0 Å². The van der Waals surface area contributed by atoms with Gasteiger partial charge in [0.25, 0.3) is 0 Å². The molecule has 1 aliphatic carbocycles. The Balaban J connectivity index is 1.87. The Morgan fingerprint density at radius 2 is 1.74 bits per heavy atom. The molecule has 3 rings (SSSR count). The number of nitrogens with zero attached hydrogens (tertiary/aromatic N) is 1. The van der Waals surface area contributed by atoms with Gasteiger partial charge in [0.2, 0.25) is 5.91 Å². The third-order valence-corrected chi connectivity index (χ3v) is 4.55. The summed E-state index contributed by atoms with van der Waals surface area (Å²) in [6.45, 7) is 6.09. The molecule has 0 bridgehead atoms. The zero-order valence-electron chi connectivity index (χ0n) is 11.7. The highest BCUT2D eigenvalue weighted by atomic mass is 16.2. The Bertz CT molecular complexity index is 457. The van der Waals surface area contributed by atoms with Gasteiger partial charge >= 0.3 is 0 Å². The Labute approximate surface area is 115 Å². The summed E-state index contributed by atoms with van der Waals surface area (Å²) in [6.07, 6.45) is 2.00. The van der Waals surface area contributed by atoms with E-state index in [1.165, 1.54) is 5.56 Å². The van der Waals surface area contributed by atoms with E-state index in [-0.39, 0.29) is 17.5 Å². The van der Waals surface area contributed by atoms with E-state index in [0.717, 1.165) is 25.9 Å². The van der Waals surface area contributed by atoms with Crippen LogP contribution in [0.3, 0.4) is 0 Å². The van der Waals surface area contributed by atoms with Crippen LogP contribution in [-0.4, -0.2) is 36.0 Å². The summed E-state index contributed by atoms with van der Waals surface area (Å²) in [5, 5.41) is 3.39. The molecule has 102 valence electrons. The lowest BCUT2D eigenvalue weighted by Crippen LogP contribution is -2.59. The maximum atomic E-state index is 13.0. The Kier molecular flexibility index (Phi) is 3.09. The third kappa shape index (κ3) is 2.06. The first-order chi connectivity index (χ1) is 9.15. The predicted molar refractivity (Wildman–Crippen MR) is 76.0 cm³/mol. The Morgan fingerprint density at radius 1 is 1.16 bits per heavy atom. The van der Waals surface area contributed by atoms with Crippen LogP contribution in [0.5, 0.6) is 0 Å². The van der Waals surface area contributed by atoms with Crippen LogP contribution in [0.2, 0.25) is 0 Å². The van der Waals surface area contributed by atoms with Crippen molar-refractivity contribution in [2.24, 2.45) is 0 Å². The van der Waals surface area contributed by atoms with Gasteiger partial charge in [0.1, 0.15) is 0 Å². The minimum atomic E-state index is -0.221. The van der Waals surface area contributed by atoms with Crippen LogP contribution in [0.25, 0.3) is 0 Å². The molecule has 1 aromatic carbocycles. The Hall–Kier alpha value is -1.35. The van der Waals surface area contributed by atoms with Gasteiger partial charge in [-0.15, -0.1) is 0 Å². The van der Waals surface area contributed by atoms with Crippen molar-refractivity contribution in [3.8, 4) is 0 Å². The van der Waals surface area contributed by atoms with Crippen LogP contribution in [-0.2, 0) is 10.2 Å². The normalized spacial score (nSPS) is 29.1. The number of carbonyl (C=O) groups is 1. The van der Waals surface area contributed by atoms with Gasteiger partial charge in [-0.2, -0.15) is 0 Å². The molecule has 0 aromatic heterocycles. The van der Waals surface area contributed by atoms with Gasteiger partial charge in [-0.05, 0) is 32.3 Å². The molecule has 1 saturated heterocycles. The van der Waals surface area contributed by atoms with Gasteiger partial charge in [-0.25, -0.2) is 0 Å². The summed E-state index contributed by atoms with van der Waals surface area (Å²) in [7, 11) is 0. The number of hydrogen-bond donors (Lipinski definition) is 1. The predicted octanol–water partition coefficient (Wildman–Crippen LogP) is 1.93. The smallest absolute Gasteiger partial charge is 0.233 e. The molecule has 1 amide bonds. The molecule has 3 heteroatoms. The van der Waals surface area contributed by atoms with Gasteiger partial charge in [-0.3, -0.25) is 4.79 Å². The molecule has 3 nitrogen and oxygen atoms in total. The number of piperazine rings is 1. The molecule has 2 fully saturated rings. The van der Waals surface area contributed by atoms with Crippen molar-refractivity contribution >= 4 is 5.91 Å². The second kappa shape index (κ2) is 4.64. The highest BCUT2D eigenvalue weighted by molar-refractivity contribution is 5.91. The van der Waals surface area contributed by atoms with E-state index in [4.69, 9.17) is 0 Å². The highest BCUT2D eigenvalue weighted by Crippen LogP contribution is 2.50. The maximum absolute atomic E-state index is 13.0. The van der Waals surface area contributed by atoms with E-state index in [9.17, 15) is 4.79 Å². The van der Waals surface area contributed by atoms with E-state index in [1.54, 1.807) is 0 Å². The number of benzene rings is 1. The lowest BCUT2D eigenvalue weighted by Gasteiger charge is -2.41. The monoisotopic (exact) mass is 258 g/mol. The second-order valence-corrected chi connectivity index (χ2v) is 6.02. The molecule has 0 spiro atoms. The fraction of sp³-hybridized carbons (Fsp3) is 0.562. The van der Waals surface area contributed by atoms with Gasteiger partial charge in [0.05, 0.1) is 5.41 Å². The number of amides is 1. The van der Waals surface area contributed by atoms with Gasteiger partial charge < -0.3 is 10.2 Å². The quantitative estimate of drug-likeness (QED) is 0.879. The zero-order chi connectivity index (χ0) is 13.5. The molecule has 1 heterocycles. The lowest BCUT2D eigenvalue weighted by atomic mass is 9.92. The van der Waals surface area contributed by atoms with Gasteiger partial charge in [-0.1, -0.05) is 30.3 Å². The summed E-state index contributed by atoms with van der Waals surface area (Å²) in [5.41, 5.74) is 0.971. The number of carbonyl (C=O) groups excluding carboxylic acids is 1. The largest absolute Gasteiger partial charge is 0.334 e. The molecule has 1 aliphatic heterocycles. The van der Waals surface area contributed by atoms with E-state index in [2.05, 4.69) is 36.2 Å². The van der Waals surface area contributed by atoms with E-state index in [0.29, 0.717) is 5.91 Å². The van der Waals surface area contributed by atoms with Crippen LogP contribution < -0.4 is 5.32 Å². The average Bonchev–Trinajstić information content (AvgIpc) is 3.21. The van der Waals surface area contributed by atoms with Crippen molar-refractivity contribution in [1.82, 2.24) is 10.2 Å². The lowest BCUT2D eigenvalue weighted by molar-refractivity contribution is -0.139. The van der Waals surface area contributed by atoms with E-state index < -0.39 is 0 Å². The van der Waals surface area contributed by atoms with Crippen molar-refractivity contribution in [3.05, 3.63) is 35.9 Å². The topological polar surface area (TPSA) is 32.3 Å². The molecule has 2 unspecified atom stereocenters. The van der Waals surface area contributed by atoms with Gasteiger partial charge in [0.15, 0.2) is 0 Å². The number of rotatable bonds is 2. The molecule has 0 radical (unpaired) electrons. The summed E-state index contributed by atoms with van der Waals surface area (Å²) in [5.74, 6) is 0.334. The van der Waals surface area contributed by atoms with Crippen LogP contribution >= 0.6 is 0 Å². The molecule has 1 aromatic rings. The molecule has 19 heavy (non-hydrogen) atoms. The SMILES string of the molecule is CC1CNCC(C)N1C(=O)C1(c2ccccc2)CC1. The molecule has 2 aliphatic rings. The summed E-state index contributed by atoms with van der Waals surface area (Å²) < 4.78 is 0. The van der Waals surface area contributed by atoms with Crippen LogP contribution in [0.1, 0.15) is 32.3 Å². The molecule has 1 saturated carbocycles. The second-order valence-electron chi connectivity index (χ2n) is 6.02. The fourth-order valence-corrected chi connectivity index (χ4v) is 3.29. The van der Waals surface area contributed by atoms with Crippen molar-refractivity contribution in [2.75, 3.05) is 13.1 Å². The third-order valence-electron chi connectivity index (χ3n) is 4.55. The van der Waals surface area contributed by atoms with E-state index >= 15 is 0 Å². The van der Waals surface area contributed by atoms with Crippen LogP contribution in [0.15, 0.2) is 30.3 Å². The van der Waals surface area contributed by atoms with Crippen molar-refractivity contribution < 1.29 is 4.79 Å². The maximum Gasteiger partial charge on any atom is 0.233 e. The fourth-order valence-electron chi connectivity index (χ4n) is 3.29. The number of nitrogens with one attached hydrogen (secondary N) is 1. The minimum Gasteiger partial charge on any atom is -0.334 e. The highest BCUT2D eigenvalue weighted by Gasteiger charge is 2.54. The van der Waals surface area contributed by atoms with E-state index in [1.807, 2.05) is 18.2 Å². The summed E-state index contributed by atoms with van der Waals surface area (Å²) in [6, 6.07) is 10.9. The Morgan fingerprint density at radius 3 is 2.26 bits per heavy atom.